The summed E-state index contributed by atoms with van der Waals surface area (Å²) in [6.45, 7) is 7.14. The van der Waals surface area contributed by atoms with Crippen LogP contribution in [0.5, 0.6) is 0 Å². The van der Waals surface area contributed by atoms with E-state index in [9.17, 15) is 0 Å². The van der Waals surface area contributed by atoms with Gasteiger partial charge in [0.2, 0.25) is 0 Å². The third-order valence-corrected chi connectivity index (χ3v) is 4.92. The van der Waals surface area contributed by atoms with Crippen LogP contribution in [0.2, 0.25) is 0 Å². The summed E-state index contributed by atoms with van der Waals surface area (Å²) >= 11 is 1.74. The van der Waals surface area contributed by atoms with Gasteiger partial charge < -0.3 is 10.1 Å². The number of hydrogen-bond acceptors (Lipinski definition) is 5. The summed E-state index contributed by atoms with van der Waals surface area (Å²) in [6.07, 6.45) is 4.21. The Balaban J connectivity index is 1.79. The lowest BCUT2D eigenvalue weighted by Gasteiger charge is -2.35. The largest absolute Gasteiger partial charge is 0.378 e. The second-order valence-electron chi connectivity index (χ2n) is 5.08. The van der Waals surface area contributed by atoms with E-state index >= 15 is 0 Å². The van der Waals surface area contributed by atoms with Crippen molar-refractivity contribution >= 4 is 27.4 Å². The fourth-order valence-corrected chi connectivity index (χ4v) is 3.54. The second kappa shape index (κ2) is 5.06. The Bertz CT molecular complexity index is 590. The first-order chi connectivity index (χ1) is 9.19. The SMILES string of the molecule is CCOC1CC(Nc2ncnc3sc(C)c(C)c23)C1. The van der Waals surface area contributed by atoms with Gasteiger partial charge in [-0.15, -0.1) is 11.3 Å². The Labute approximate surface area is 117 Å². The quantitative estimate of drug-likeness (QED) is 0.931. The smallest absolute Gasteiger partial charge is 0.138 e. The molecule has 0 bridgehead atoms. The molecule has 19 heavy (non-hydrogen) atoms. The van der Waals surface area contributed by atoms with Gasteiger partial charge in [-0.05, 0) is 39.2 Å². The highest BCUT2D eigenvalue weighted by Gasteiger charge is 2.30. The van der Waals surface area contributed by atoms with Crippen molar-refractivity contribution in [2.24, 2.45) is 0 Å². The molecule has 0 atom stereocenters. The molecule has 1 N–H and O–H groups in total. The summed E-state index contributed by atoms with van der Waals surface area (Å²) in [5.41, 5.74) is 1.30. The summed E-state index contributed by atoms with van der Waals surface area (Å²) in [5.74, 6) is 0.979. The van der Waals surface area contributed by atoms with Crippen LogP contribution < -0.4 is 5.32 Å². The zero-order chi connectivity index (χ0) is 13.4. The number of rotatable bonds is 4. The lowest BCUT2D eigenvalue weighted by Crippen LogP contribution is -2.41. The van der Waals surface area contributed by atoms with Crippen LogP contribution in [0.3, 0.4) is 0 Å². The highest BCUT2D eigenvalue weighted by Crippen LogP contribution is 2.34. The molecule has 1 aliphatic carbocycles. The van der Waals surface area contributed by atoms with E-state index in [0.717, 1.165) is 30.1 Å². The average Bonchev–Trinajstić information content (AvgIpc) is 2.63. The van der Waals surface area contributed by atoms with Crippen LogP contribution in [-0.4, -0.2) is 28.7 Å². The van der Waals surface area contributed by atoms with Crippen LogP contribution in [0.1, 0.15) is 30.2 Å². The molecule has 1 aliphatic rings. The predicted molar refractivity (Wildman–Crippen MR) is 78.9 cm³/mol. The first-order valence-corrected chi connectivity index (χ1v) is 7.59. The van der Waals surface area contributed by atoms with Crippen LogP contribution in [-0.2, 0) is 4.74 Å². The molecule has 0 aromatic carbocycles. The third kappa shape index (κ3) is 2.32. The van der Waals surface area contributed by atoms with Gasteiger partial charge >= 0.3 is 0 Å². The van der Waals surface area contributed by atoms with E-state index in [0.29, 0.717) is 12.1 Å². The summed E-state index contributed by atoms with van der Waals surface area (Å²) < 4.78 is 5.59. The summed E-state index contributed by atoms with van der Waals surface area (Å²) in [7, 11) is 0. The second-order valence-corrected chi connectivity index (χ2v) is 6.28. The highest BCUT2D eigenvalue weighted by molar-refractivity contribution is 7.18. The van der Waals surface area contributed by atoms with E-state index in [1.165, 1.54) is 15.8 Å². The van der Waals surface area contributed by atoms with Gasteiger partial charge in [-0.2, -0.15) is 0 Å². The van der Waals surface area contributed by atoms with Crippen molar-refractivity contribution in [1.82, 2.24) is 9.97 Å². The lowest BCUT2D eigenvalue weighted by molar-refractivity contribution is 0.00295. The van der Waals surface area contributed by atoms with Gasteiger partial charge in [0, 0.05) is 17.5 Å². The number of thiophene rings is 1. The van der Waals surface area contributed by atoms with E-state index < -0.39 is 0 Å². The fourth-order valence-electron chi connectivity index (χ4n) is 2.54. The van der Waals surface area contributed by atoms with Crippen LogP contribution in [0.25, 0.3) is 10.2 Å². The van der Waals surface area contributed by atoms with Crippen LogP contribution in [0.15, 0.2) is 6.33 Å². The molecule has 4 nitrogen and oxygen atoms in total. The molecule has 0 unspecified atom stereocenters. The van der Waals surface area contributed by atoms with Crippen molar-refractivity contribution in [3.05, 3.63) is 16.8 Å². The van der Waals surface area contributed by atoms with Crippen molar-refractivity contribution in [3.63, 3.8) is 0 Å². The van der Waals surface area contributed by atoms with Gasteiger partial charge in [0.05, 0.1) is 11.5 Å². The van der Waals surface area contributed by atoms with Gasteiger partial charge in [-0.25, -0.2) is 9.97 Å². The maximum absolute atomic E-state index is 5.59. The monoisotopic (exact) mass is 277 g/mol. The Morgan fingerprint density at radius 3 is 2.89 bits per heavy atom. The normalized spacial score (nSPS) is 22.5. The molecule has 0 saturated heterocycles. The van der Waals surface area contributed by atoms with E-state index in [2.05, 4.69) is 29.1 Å². The van der Waals surface area contributed by atoms with Crippen molar-refractivity contribution < 1.29 is 4.74 Å². The predicted octanol–water partition coefficient (Wildman–Crippen LogP) is 3.29. The average molecular weight is 277 g/mol. The molecule has 1 saturated carbocycles. The number of anilines is 1. The fraction of sp³-hybridized carbons (Fsp3) is 0.571. The number of aromatic nitrogens is 2. The molecule has 1 fully saturated rings. The molecule has 5 heteroatoms. The Hall–Kier alpha value is -1.20. The Morgan fingerprint density at radius 1 is 1.37 bits per heavy atom. The van der Waals surface area contributed by atoms with Crippen molar-refractivity contribution in [3.8, 4) is 0 Å². The number of aryl methyl sites for hydroxylation is 2. The van der Waals surface area contributed by atoms with E-state index in [1.54, 1.807) is 17.7 Å². The van der Waals surface area contributed by atoms with Crippen LogP contribution in [0.4, 0.5) is 5.82 Å². The van der Waals surface area contributed by atoms with Gasteiger partial charge in [-0.3, -0.25) is 0 Å². The van der Waals surface area contributed by atoms with Crippen LogP contribution >= 0.6 is 11.3 Å². The molecular formula is C14H19N3OS. The third-order valence-electron chi connectivity index (χ3n) is 3.80. The minimum absolute atomic E-state index is 0.421. The zero-order valence-corrected chi connectivity index (χ0v) is 12.4. The number of hydrogen-bond donors (Lipinski definition) is 1. The summed E-state index contributed by atoms with van der Waals surface area (Å²) in [4.78, 5) is 11.2. The van der Waals surface area contributed by atoms with Gasteiger partial charge in [0.15, 0.2) is 0 Å². The molecule has 2 heterocycles. The molecule has 0 radical (unpaired) electrons. The lowest BCUT2D eigenvalue weighted by atomic mass is 9.89. The first-order valence-electron chi connectivity index (χ1n) is 6.78. The highest BCUT2D eigenvalue weighted by atomic mass is 32.1. The maximum atomic E-state index is 5.59. The molecule has 2 aromatic rings. The topological polar surface area (TPSA) is 47.0 Å². The molecule has 0 aliphatic heterocycles. The maximum Gasteiger partial charge on any atom is 0.138 e. The van der Waals surface area contributed by atoms with Gasteiger partial charge in [0.1, 0.15) is 17.0 Å². The first kappa shape index (κ1) is 12.8. The van der Waals surface area contributed by atoms with E-state index in [4.69, 9.17) is 4.74 Å². The number of nitrogens with one attached hydrogen (secondary N) is 1. The van der Waals surface area contributed by atoms with Crippen molar-refractivity contribution in [2.45, 2.75) is 45.8 Å². The van der Waals surface area contributed by atoms with Gasteiger partial charge in [0.25, 0.3) is 0 Å². The van der Waals surface area contributed by atoms with Crippen molar-refractivity contribution in [2.75, 3.05) is 11.9 Å². The summed E-state index contributed by atoms with van der Waals surface area (Å²) in [5, 5.41) is 4.72. The number of ether oxygens (including phenoxy) is 1. The summed E-state index contributed by atoms with van der Waals surface area (Å²) in [6, 6.07) is 0.481. The molecule has 0 spiro atoms. The van der Waals surface area contributed by atoms with E-state index in [-0.39, 0.29) is 0 Å². The minimum Gasteiger partial charge on any atom is -0.378 e. The Kier molecular flexibility index (Phi) is 3.41. The number of fused-ring (bicyclic) bond motifs is 1. The molecule has 0 amide bonds. The van der Waals surface area contributed by atoms with Crippen molar-refractivity contribution in [1.29, 1.82) is 0 Å². The number of nitrogens with zero attached hydrogens (tertiary/aromatic N) is 2. The molecular weight excluding hydrogens is 258 g/mol. The standard InChI is InChI=1S/C14H19N3OS/c1-4-18-11-5-10(6-11)17-13-12-8(2)9(3)19-14(12)16-7-15-13/h7,10-11H,4-6H2,1-3H3,(H,15,16,17). The molecule has 102 valence electrons. The molecule has 2 aromatic heterocycles. The zero-order valence-electron chi connectivity index (χ0n) is 11.6. The van der Waals surface area contributed by atoms with Crippen LogP contribution in [0, 0.1) is 13.8 Å². The van der Waals surface area contributed by atoms with E-state index in [1.807, 2.05) is 6.92 Å². The molecule has 3 rings (SSSR count). The Morgan fingerprint density at radius 2 is 2.16 bits per heavy atom. The van der Waals surface area contributed by atoms with Gasteiger partial charge in [-0.1, -0.05) is 0 Å². The minimum atomic E-state index is 0.421.